The molecule has 0 atom stereocenters. The van der Waals surface area contributed by atoms with Gasteiger partial charge in [-0.15, -0.1) is 34.2 Å². The third-order valence-electron chi connectivity index (χ3n) is 4.76. The first-order valence-corrected chi connectivity index (χ1v) is 11.2. The molecular weight excluding hydrogens is 503 g/mol. The molecule has 1 aromatic carbocycles. The summed E-state index contributed by atoms with van der Waals surface area (Å²) in [6.07, 6.45) is 7.89. The molecular formula is C23H39IN6O. The number of unbranched alkanes of at least 4 members (excludes halogenated alkanes) is 1. The monoisotopic (exact) mass is 542 g/mol. The molecule has 0 spiro atoms. The van der Waals surface area contributed by atoms with Crippen LogP contribution in [0.25, 0.3) is 0 Å². The molecule has 2 N–H and O–H groups in total. The quantitative estimate of drug-likeness (QED) is 0.168. The van der Waals surface area contributed by atoms with E-state index >= 15 is 0 Å². The molecule has 0 aliphatic heterocycles. The SMILES string of the molecule is CCNC(=NCc1ccc(C)cc1OCCCC(C)C)NCCCCn1cnnc1.I. The molecule has 174 valence electrons. The van der Waals surface area contributed by atoms with Gasteiger partial charge in [-0.3, -0.25) is 0 Å². The highest BCUT2D eigenvalue weighted by molar-refractivity contribution is 14.0. The number of hydrogen-bond acceptors (Lipinski definition) is 4. The van der Waals surface area contributed by atoms with E-state index in [1.165, 1.54) is 12.0 Å². The van der Waals surface area contributed by atoms with Crippen molar-refractivity contribution in [3.8, 4) is 5.75 Å². The molecule has 0 aliphatic carbocycles. The predicted octanol–water partition coefficient (Wildman–Crippen LogP) is 4.56. The topological polar surface area (TPSA) is 76.4 Å². The van der Waals surface area contributed by atoms with Crippen LogP contribution < -0.4 is 15.4 Å². The molecule has 7 nitrogen and oxygen atoms in total. The van der Waals surface area contributed by atoms with E-state index in [4.69, 9.17) is 9.73 Å². The third kappa shape index (κ3) is 11.4. The van der Waals surface area contributed by atoms with Crippen LogP contribution in [0.2, 0.25) is 0 Å². The summed E-state index contributed by atoms with van der Waals surface area (Å²) in [7, 11) is 0. The van der Waals surface area contributed by atoms with Crippen molar-refractivity contribution in [3.05, 3.63) is 42.0 Å². The van der Waals surface area contributed by atoms with Crippen LogP contribution in [0.15, 0.2) is 35.8 Å². The lowest BCUT2D eigenvalue weighted by Gasteiger charge is -2.14. The maximum atomic E-state index is 6.09. The van der Waals surface area contributed by atoms with E-state index in [0.29, 0.717) is 12.5 Å². The lowest BCUT2D eigenvalue weighted by molar-refractivity contribution is 0.295. The number of benzene rings is 1. The van der Waals surface area contributed by atoms with Gasteiger partial charge in [0.25, 0.3) is 0 Å². The van der Waals surface area contributed by atoms with Crippen LogP contribution in [-0.4, -0.2) is 40.4 Å². The zero-order chi connectivity index (χ0) is 21.6. The molecule has 0 fully saturated rings. The van der Waals surface area contributed by atoms with Gasteiger partial charge in [0.15, 0.2) is 5.96 Å². The fourth-order valence-corrected chi connectivity index (χ4v) is 3.07. The average molecular weight is 543 g/mol. The second kappa shape index (κ2) is 15.9. The van der Waals surface area contributed by atoms with Crippen LogP contribution in [0.5, 0.6) is 5.75 Å². The van der Waals surface area contributed by atoms with Crippen molar-refractivity contribution in [3.63, 3.8) is 0 Å². The number of aryl methyl sites for hydroxylation is 2. The highest BCUT2D eigenvalue weighted by atomic mass is 127. The Bertz CT molecular complexity index is 749. The molecule has 0 saturated carbocycles. The Balaban J connectivity index is 0.00000480. The van der Waals surface area contributed by atoms with Gasteiger partial charge in [-0.2, -0.15) is 0 Å². The van der Waals surface area contributed by atoms with Crippen molar-refractivity contribution >= 4 is 29.9 Å². The number of hydrogen-bond donors (Lipinski definition) is 2. The number of ether oxygens (including phenoxy) is 1. The minimum Gasteiger partial charge on any atom is -0.493 e. The van der Waals surface area contributed by atoms with E-state index in [1.54, 1.807) is 12.7 Å². The van der Waals surface area contributed by atoms with Crippen molar-refractivity contribution in [2.75, 3.05) is 19.7 Å². The molecule has 0 amide bonds. The number of halogens is 1. The summed E-state index contributed by atoms with van der Waals surface area (Å²) < 4.78 is 8.09. The first-order valence-electron chi connectivity index (χ1n) is 11.2. The minimum absolute atomic E-state index is 0. The normalized spacial score (nSPS) is 11.3. The Morgan fingerprint density at radius 3 is 2.61 bits per heavy atom. The Morgan fingerprint density at radius 2 is 1.90 bits per heavy atom. The van der Waals surface area contributed by atoms with Crippen molar-refractivity contribution < 1.29 is 4.74 Å². The summed E-state index contributed by atoms with van der Waals surface area (Å²) in [5, 5.41) is 14.4. The van der Waals surface area contributed by atoms with Crippen molar-refractivity contribution in [1.82, 2.24) is 25.4 Å². The van der Waals surface area contributed by atoms with E-state index in [0.717, 1.165) is 62.8 Å². The first-order chi connectivity index (χ1) is 14.6. The Hall–Kier alpha value is -1.84. The number of guanidine groups is 1. The Kier molecular flexibility index (Phi) is 13.9. The largest absolute Gasteiger partial charge is 0.493 e. The summed E-state index contributed by atoms with van der Waals surface area (Å²) in [5.41, 5.74) is 2.33. The molecule has 8 heteroatoms. The van der Waals surface area contributed by atoms with Gasteiger partial charge in [0.05, 0.1) is 13.2 Å². The lowest BCUT2D eigenvalue weighted by Crippen LogP contribution is -2.37. The first kappa shape index (κ1) is 27.2. The summed E-state index contributed by atoms with van der Waals surface area (Å²) >= 11 is 0. The van der Waals surface area contributed by atoms with Crippen LogP contribution in [-0.2, 0) is 13.1 Å². The summed E-state index contributed by atoms with van der Waals surface area (Å²) in [5.74, 6) is 2.50. The van der Waals surface area contributed by atoms with E-state index in [9.17, 15) is 0 Å². The van der Waals surface area contributed by atoms with Gasteiger partial charge < -0.3 is 19.9 Å². The number of nitrogens with one attached hydrogen (secondary N) is 2. The Morgan fingerprint density at radius 1 is 1.13 bits per heavy atom. The van der Waals surface area contributed by atoms with Crippen LogP contribution >= 0.6 is 24.0 Å². The Labute approximate surface area is 204 Å². The molecule has 1 aromatic heterocycles. The zero-order valence-electron chi connectivity index (χ0n) is 19.4. The van der Waals surface area contributed by atoms with E-state index in [-0.39, 0.29) is 24.0 Å². The smallest absolute Gasteiger partial charge is 0.191 e. The molecule has 0 saturated heterocycles. The fraction of sp³-hybridized carbons (Fsp3) is 0.609. The predicted molar refractivity (Wildman–Crippen MR) is 138 cm³/mol. The second-order valence-corrected chi connectivity index (χ2v) is 8.02. The number of nitrogens with zero attached hydrogens (tertiary/aromatic N) is 4. The molecule has 31 heavy (non-hydrogen) atoms. The number of aliphatic imine (C=N–C) groups is 1. The lowest BCUT2D eigenvalue weighted by atomic mass is 10.1. The van der Waals surface area contributed by atoms with Crippen molar-refractivity contribution in [1.29, 1.82) is 0 Å². The van der Waals surface area contributed by atoms with Crippen LogP contribution in [0, 0.1) is 12.8 Å². The number of rotatable bonds is 13. The average Bonchev–Trinajstić information content (AvgIpc) is 3.23. The van der Waals surface area contributed by atoms with Gasteiger partial charge in [-0.05, 0) is 57.1 Å². The number of aromatic nitrogens is 3. The second-order valence-electron chi connectivity index (χ2n) is 8.02. The highest BCUT2D eigenvalue weighted by Crippen LogP contribution is 2.22. The van der Waals surface area contributed by atoms with Gasteiger partial charge in [-0.25, -0.2) is 4.99 Å². The summed E-state index contributed by atoms with van der Waals surface area (Å²) in [4.78, 5) is 4.77. The molecule has 2 aromatic rings. The van der Waals surface area contributed by atoms with Gasteiger partial charge in [0.1, 0.15) is 18.4 Å². The summed E-state index contributed by atoms with van der Waals surface area (Å²) in [6.45, 7) is 12.7. The highest BCUT2D eigenvalue weighted by Gasteiger charge is 2.06. The molecule has 0 unspecified atom stereocenters. The standard InChI is InChI=1S/C23H38N6O.HI/c1-5-24-23(25-12-6-7-13-29-17-27-28-18-29)26-16-21-11-10-20(4)15-22(21)30-14-8-9-19(2)3;/h10-11,15,17-19H,5-9,12-14,16H2,1-4H3,(H2,24,25,26);1H. The summed E-state index contributed by atoms with van der Waals surface area (Å²) in [6, 6.07) is 6.36. The van der Waals surface area contributed by atoms with Crippen LogP contribution in [0.3, 0.4) is 0 Å². The van der Waals surface area contributed by atoms with Gasteiger partial charge >= 0.3 is 0 Å². The van der Waals surface area contributed by atoms with Crippen molar-refractivity contribution in [2.45, 2.75) is 66.5 Å². The van der Waals surface area contributed by atoms with Crippen LogP contribution in [0.1, 0.15) is 57.6 Å². The molecule has 2 rings (SSSR count). The van der Waals surface area contributed by atoms with E-state index in [1.807, 2.05) is 4.57 Å². The zero-order valence-corrected chi connectivity index (χ0v) is 21.8. The maximum absolute atomic E-state index is 6.09. The van der Waals surface area contributed by atoms with Crippen LogP contribution in [0.4, 0.5) is 0 Å². The maximum Gasteiger partial charge on any atom is 0.191 e. The van der Waals surface area contributed by atoms with Gasteiger partial charge in [0, 0.05) is 25.2 Å². The third-order valence-corrected chi connectivity index (χ3v) is 4.76. The molecule has 1 heterocycles. The van der Waals surface area contributed by atoms with E-state index < -0.39 is 0 Å². The van der Waals surface area contributed by atoms with Gasteiger partial charge in [-0.1, -0.05) is 26.0 Å². The van der Waals surface area contributed by atoms with E-state index in [2.05, 4.69) is 66.7 Å². The molecule has 0 aliphatic rings. The molecule has 0 radical (unpaired) electrons. The van der Waals surface area contributed by atoms with Gasteiger partial charge in [0.2, 0.25) is 0 Å². The minimum atomic E-state index is 0. The fourth-order valence-electron chi connectivity index (χ4n) is 3.07. The molecule has 0 bridgehead atoms. The van der Waals surface area contributed by atoms with Crippen molar-refractivity contribution in [2.24, 2.45) is 10.9 Å².